The van der Waals surface area contributed by atoms with Crippen LogP contribution < -0.4 is 0 Å². The van der Waals surface area contributed by atoms with Crippen molar-refractivity contribution in [3.63, 3.8) is 0 Å². The molecule has 0 aromatic carbocycles. The SMILES string of the molecule is CCCCC(OC(C)COC(C)CO)C(C)C. The fourth-order valence-electron chi connectivity index (χ4n) is 1.65. The van der Waals surface area contributed by atoms with Crippen molar-refractivity contribution in [1.82, 2.24) is 0 Å². The maximum absolute atomic E-state index is 8.87. The van der Waals surface area contributed by atoms with E-state index in [1.165, 1.54) is 12.8 Å². The van der Waals surface area contributed by atoms with Crippen molar-refractivity contribution in [2.45, 2.75) is 72.2 Å². The molecule has 3 heteroatoms. The molecule has 0 rings (SSSR count). The van der Waals surface area contributed by atoms with Crippen molar-refractivity contribution in [1.29, 1.82) is 0 Å². The molecule has 0 aromatic rings. The average molecular weight is 246 g/mol. The minimum Gasteiger partial charge on any atom is -0.394 e. The van der Waals surface area contributed by atoms with Gasteiger partial charge in [-0.3, -0.25) is 0 Å². The smallest absolute Gasteiger partial charge is 0.0784 e. The largest absolute Gasteiger partial charge is 0.394 e. The lowest BCUT2D eigenvalue weighted by atomic mass is 10.0. The molecule has 3 unspecified atom stereocenters. The fraction of sp³-hybridized carbons (Fsp3) is 1.00. The molecule has 0 saturated carbocycles. The average Bonchev–Trinajstić information content (AvgIpc) is 2.30. The zero-order chi connectivity index (χ0) is 13.3. The summed E-state index contributed by atoms with van der Waals surface area (Å²) in [5.74, 6) is 0.541. The van der Waals surface area contributed by atoms with Crippen molar-refractivity contribution in [2.75, 3.05) is 13.2 Å². The van der Waals surface area contributed by atoms with Gasteiger partial charge in [-0.25, -0.2) is 0 Å². The van der Waals surface area contributed by atoms with Crippen LogP contribution in [0.1, 0.15) is 53.9 Å². The molecule has 0 spiro atoms. The highest BCUT2D eigenvalue weighted by Gasteiger charge is 2.17. The minimum absolute atomic E-state index is 0.0656. The van der Waals surface area contributed by atoms with Gasteiger partial charge >= 0.3 is 0 Å². The first-order valence-corrected chi connectivity index (χ1v) is 6.89. The van der Waals surface area contributed by atoms with Crippen molar-refractivity contribution in [3.8, 4) is 0 Å². The van der Waals surface area contributed by atoms with Crippen LogP contribution in [0, 0.1) is 5.92 Å². The number of hydrogen-bond acceptors (Lipinski definition) is 3. The van der Waals surface area contributed by atoms with Gasteiger partial charge < -0.3 is 14.6 Å². The summed E-state index contributed by atoms with van der Waals surface area (Å²) in [6.45, 7) is 11.1. The first kappa shape index (κ1) is 16.9. The van der Waals surface area contributed by atoms with Gasteiger partial charge in [0.1, 0.15) is 0 Å². The lowest BCUT2D eigenvalue weighted by Gasteiger charge is -2.26. The quantitative estimate of drug-likeness (QED) is 0.644. The number of hydrogen-bond donors (Lipinski definition) is 1. The molecule has 104 valence electrons. The van der Waals surface area contributed by atoms with Crippen LogP contribution in [0.3, 0.4) is 0 Å². The second-order valence-electron chi connectivity index (χ2n) is 5.20. The molecule has 0 aliphatic heterocycles. The first-order valence-electron chi connectivity index (χ1n) is 6.89. The van der Waals surface area contributed by atoms with Crippen molar-refractivity contribution in [3.05, 3.63) is 0 Å². The predicted octanol–water partition coefficient (Wildman–Crippen LogP) is 3.00. The third-order valence-corrected chi connectivity index (χ3v) is 2.87. The van der Waals surface area contributed by atoms with Crippen molar-refractivity contribution < 1.29 is 14.6 Å². The minimum atomic E-state index is -0.103. The normalized spacial score (nSPS) is 17.1. The molecule has 0 bridgehead atoms. The number of aliphatic hydroxyl groups is 1. The van der Waals surface area contributed by atoms with Crippen LogP contribution >= 0.6 is 0 Å². The number of unbranched alkanes of at least 4 members (excludes halogenated alkanes) is 1. The summed E-state index contributed by atoms with van der Waals surface area (Å²) in [5, 5.41) is 8.87. The van der Waals surface area contributed by atoms with E-state index in [9.17, 15) is 0 Å². The Labute approximate surface area is 107 Å². The van der Waals surface area contributed by atoms with E-state index in [1.54, 1.807) is 0 Å². The zero-order valence-electron chi connectivity index (χ0n) is 12.1. The second-order valence-corrected chi connectivity index (χ2v) is 5.20. The van der Waals surface area contributed by atoms with Gasteiger partial charge in [0.2, 0.25) is 0 Å². The summed E-state index contributed by atoms with van der Waals surface area (Å²) in [5.41, 5.74) is 0. The Kier molecular flexibility index (Phi) is 9.79. The summed E-state index contributed by atoms with van der Waals surface area (Å²) in [7, 11) is 0. The predicted molar refractivity (Wildman–Crippen MR) is 71.2 cm³/mol. The Balaban J connectivity index is 3.90. The van der Waals surface area contributed by atoms with Gasteiger partial charge in [-0.15, -0.1) is 0 Å². The van der Waals surface area contributed by atoms with Gasteiger partial charge in [-0.2, -0.15) is 0 Å². The summed E-state index contributed by atoms with van der Waals surface area (Å²) < 4.78 is 11.5. The molecule has 0 aromatic heterocycles. The summed E-state index contributed by atoms with van der Waals surface area (Å²) in [4.78, 5) is 0. The van der Waals surface area contributed by atoms with Gasteiger partial charge in [0.15, 0.2) is 0 Å². The molecule has 0 fully saturated rings. The van der Waals surface area contributed by atoms with Crippen LogP contribution in [0.2, 0.25) is 0 Å². The highest BCUT2D eigenvalue weighted by molar-refractivity contribution is 4.65. The molecule has 0 amide bonds. The third-order valence-electron chi connectivity index (χ3n) is 2.87. The topological polar surface area (TPSA) is 38.7 Å². The lowest BCUT2D eigenvalue weighted by Crippen LogP contribution is -2.29. The molecule has 1 N–H and O–H groups in total. The van der Waals surface area contributed by atoms with E-state index in [-0.39, 0.29) is 18.8 Å². The van der Waals surface area contributed by atoms with E-state index < -0.39 is 0 Å². The molecule has 3 atom stereocenters. The van der Waals surface area contributed by atoms with Crippen LogP contribution in [0.15, 0.2) is 0 Å². The number of aliphatic hydroxyl groups excluding tert-OH is 1. The van der Waals surface area contributed by atoms with E-state index in [2.05, 4.69) is 20.8 Å². The third kappa shape index (κ3) is 8.58. The van der Waals surface area contributed by atoms with Crippen LogP contribution in [-0.4, -0.2) is 36.6 Å². The van der Waals surface area contributed by atoms with E-state index in [4.69, 9.17) is 14.6 Å². The van der Waals surface area contributed by atoms with E-state index in [1.807, 2.05) is 13.8 Å². The number of rotatable bonds is 10. The standard InChI is InChI=1S/C14H30O3/c1-6-7-8-14(11(2)3)17-13(5)10-16-12(4)9-15/h11-15H,6-10H2,1-5H3. The fourth-order valence-corrected chi connectivity index (χ4v) is 1.65. The molecular weight excluding hydrogens is 216 g/mol. The Hall–Kier alpha value is -0.120. The Morgan fingerprint density at radius 1 is 1.06 bits per heavy atom. The second kappa shape index (κ2) is 9.86. The first-order chi connectivity index (χ1) is 8.01. The lowest BCUT2D eigenvalue weighted by molar-refractivity contribution is -0.0865. The monoisotopic (exact) mass is 246 g/mol. The molecule has 0 aliphatic rings. The summed E-state index contributed by atoms with van der Waals surface area (Å²) in [6.07, 6.45) is 3.84. The molecule has 0 aliphatic carbocycles. The Morgan fingerprint density at radius 3 is 2.18 bits per heavy atom. The number of ether oxygens (including phenoxy) is 2. The van der Waals surface area contributed by atoms with Crippen molar-refractivity contribution >= 4 is 0 Å². The highest BCUT2D eigenvalue weighted by Crippen LogP contribution is 2.16. The molecule has 3 nitrogen and oxygen atoms in total. The molecule has 0 heterocycles. The van der Waals surface area contributed by atoms with Gasteiger partial charge in [-0.05, 0) is 26.2 Å². The van der Waals surface area contributed by atoms with Gasteiger partial charge in [0.25, 0.3) is 0 Å². The van der Waals surface area contributed by atoms with Gasteiger partial charge in [-0.1, -0.05) is 33.6 Å². The molecule has 17 heavy (non-hydrogen) atoms. The maximum Gasteiger partial charge on any atom is 0.0784 e. The van der Waals surface area contributed by atoms with Crippen LogP contribution in [0.25, 0.3) is 0 Å². The van der Waals surface area contributed by atoms with Crippen LogP contribution in [0.4, 0.5) is 0 Å². The maximum atomic E-state index is 8.87. The Bertz CT molecular complexity index is 171. The zero-order valence-corrected chi connectivity index (χ0v) is 12.1. The molecular formula is C14H30O3. The van der Waals surface area contributed by atoms with E-state index in [0.29, 0.717) is 18.6 Å². The van der Waals surface area contributed by atoms with Gasteiger partial charge in [0, 0.05) is 0 Å². The van der Waals surface area contributed by atoms with E-state index >= 15 is 0 Å². The van der Waals surface area contributed by atoms with Gasteiger partial charge in [0.05, 0.1) is 31.5 Å². The molecule has 0 radical (unpaired) electrons. The molecule has 0 saturated heterocycles. The highest BCUT2D eigenvalue weighted by atomic mass is 16.5. The van der Waals surface area contributed by atoms with Crippen LogP contribution in [0.5, 0.6) is 0 Å². The Morgan fingerprint density at radius 2 is 1.71 bits per heavy atom. The van der Waals surface area contributed by atoms with E-state index in [0.717, 1.165) is 6.42 Å². The van der Waals surface area contributed by atoms with Crippen molar-refractivity contribution in [2.24, 2.45) is 5.92 Å². The van der Waals surface area contributed by atoms with Crippen LogP contribution in [-0.2, 0) is 9.47 Å². The summed E-state index contributed by atoms with van der Waals surface area (Å²) >= 11 is 0. The summed E-state index contributed by atoms with van der Waals surface area (Å²) in [6, 6.07) is 0.